The summed E-state index contributed by atoms with van der Waals surface area (Å²) >= 11 is 1.35. The second-order valence-electron chi connectivity index (χ2n) is 5.67. The number of carbonyl (C=O) groups excluding carboxylic acids is 1. The summed E-state index contributed by atoms with van der Waals surface area (Å²) in [4.78, 5) is 16.9. The fraction of sp³-hybridized carbons (Fsp3) is 0.200. The Morgan fingerprint density at radius 1 is 1.07 bits per heavy atom. The molecule has 3 aromatic rings. The van der Waals surface area contributed by atoms with Crippen molar-refractivity contribution in [1.82, 2.24) is 4.98 Å². The summed E-state index contributed by atoms with van der Waals surface area (Å²) < 4.78 is 16.2. The van der Waals surface area contributed by atoms with Crippen molar-refractivity contribution >= 4 is 22.4 Å². The Kier molecular flexibility index (Phi) is 5.93. The van der Waals surface area contributed by atoms with Gasteiger partial charge in [-0.25, -0.2) is 4.98 Å². The SMILES string of the molecule is COc1cccc(OC(C)C(=O)Nc2nc(-c3ccccc3OC)cs2)c1. The Hall–Kier alpha value is -3.06. The average Bonchev–Trinajstić information content (AvgIpc) is 3.16. The third-order valence-electron chi connectivity index (χ3n) is 3.84. The van der Waals surface area contributed by atoms with Gasteiger partial charge in [0, 0.05) is 17.0 Å². The van der Waals surface area contributed by atoms with E-state index >= 15 is 0 Å². The zero-order chi connectivity index (χ0) is 19.2. The number of thiazole rings is 1. The zero-order valence-corrected chi connectivity index (χ0v) is 16.1. The maximum absolute atomic E-state index is 12.4. The lowest BCUT2D eigenvalue weighted by Gasteiger charge is -2.14. The molecule has 1 unspecified atom stereocenters. The Bertz CT molecular complexity index is 926. The van der Waals surface area contributed by atoms with Gasteiger partial charge in [0.2, 0.25) is 0 Å². The first-order valence-electron chi connectivity index (χ1n) is 8.31. The molecule has 2 aromatic carbocycles. The number of amides is 1. The van der Waals surface area contributed by atoms with Gasteiger partial charge in [-0.3, -0.25) is 10.1 Å². The molecule has 7 heteroatoms. The number of methoxy groups -OCH3 is 2. The van der Waals surface area contributed by atoms with Crippen molar-refractivity contribution in [2.45, 2.75) is 13.0 Å². The molecule has 0 bridgehead atoms. The summed E-state index contributed by atoms with van der Waals surface area (Å²) in [5.74, 6) is 1.68. The van der Waals surface area contributed by atoms with Crippen molar-refractivity contribution in [3.05, 3.63) is 53.9 Å². The summed E-state index contributed by atoms with van der Waals surface area (Å²) in [6.07, 6.45) is -0.685. The highest BCUT2D eigenvalue weighted by molar-refractivity contribution is 7.14. The fourth-order valence-corrected chi connectivity index (χ4v) is 3.16. The number of aromatic nitrogens is 1. The van der Waals surface area contributed by atoms with Gasteiger partial charge in [0.15, 0.2) is 11.2 Å². The van der Waals surface area contributed by atoms with E-state index in [2.05, 4.69) is 10.3 Å². The molecule has 0 fully saturated rings. The average molecular weight is 384 g/mol. The number of nitrogens with one attached hydrogen (secondary N) is 1. The van der Waals surface area contributed by atoms with Gasteiger partial charge < -0.3 is 14.2 Å². The molecule has 1 atom stereocenters. The molecular formula is C20H20N2O4S. The Labute approximate surface area is 161 Å². The highest BCUT2D eigenvalue weighted by atomic mass is 32.1. The van der Waals surface area contributed by atoms with Crippen LogP contribution in [0.15, 0.2) is 53.9 Å². The molecule has 1 heterocycles. The predicted molar refractivity (Wildman–Crippen MR) is 106 cm³/mol. The van der Waals surface area contributed by atoms with Crippen LogP contribution in [0.5, 0.6) is 17.2 Å². The lowest BCUT2D eigenvalue weighted by Crippen LogP contribution is -2.30. The fourth-order valence-electron chi connectivity index (χ4n) is 2.45. The molecule has 0 aliphatic heterocycles. The Morgan fingerprint density at radius 3 is 2.63 bits per heavy atom. The first kappa shape index (κ1) is 18.7. The molecule has 0 aliphatic carbocycles. The molecule has 0 radical (unpaired) electrons. The van der Waals surface area contributed by atoms with Crippen LogP contribution in [0.3, 0.4) is 0 Å². The number of nitrogens with zero attached hydrogens (tertiary/aromatic N) is 1. The van der Waals surface area contributed by atoms with Gasteiger partial charge in [0.1, 0.15) is 17.2 Å². The molecule has 0 spiro atoms. The minimum atomic E-state index is -0.685. The van der Waals surface area contributed by atoms with E-state index in [0.29, 0.717) is 16.6 Å². The number of ether oxygens (including phenoxy) is 3. The quantitative estimate of drug-likeness (QED) is 0.660. The molecule has 6 nitrogen and oxygen atoms in total. The highest BCUT2D eigenvalue weighted by Gasteiger charge is 2.17. The first-order valence-corrected chi connectivity index (χ1v) is 9.19. The molecular weight excluding hydrogens is 364 g/mol. The van der Waals surface area contributed by atoms with Gasteiger partial charge >= 0.3 is 0 Å². The van der Waals surface area contributed by atoms with Gasteiger partial charge in [-0.05, 0) is 31.2 Å². The maximum Gasteiger partial charge on any atom is 0.266 e. The predicted octanol–water partition coefficient (Wildman–Crippen LogP) is 4.23. The van der Waals surface area contributed by atoms with Crippen LogP contribution in [0.1, 0.15) is 6.92 Å². The van der Waals surface area contributed by atoms with Crippen molar-refractivity contribution in [1.29, 1.82) is 0 Å². The van der Waals surface area contributed by atoms with Crippen molar-refractivity contribution in [2.75, 3.05) is 19.5 Å². The van der Waals surface area contributed by atoms with Crippen molar-refractivity contribution in [3.8, 4) is 28.5 Å². The van der Waals surface area contributed by atoms with Crippen LogP contribution in [-0.4, -0.2) is 31.2 Å². The molecule has 27 heavy (non-hydrogen) atoms. The van der Waals surface area contributed by atoms with Gasteiger partial charge in [-0.15, -0.1) is 11.3 Å². The van der Waals surface area contributed by atoms with E-state index in [1.165, 1.54) is 11.3 Å². The summed E-state index contributed by atoms with van der Waals surface area (Å²) in [5, 5.41) is 5.17. The van der Waals surface area contributed by atoms with E-state index in [9.17, 15) is 4.79 Å². The number of rotatable bonds is 7. The van der Waals surface area contributed by atoms with Crippen LogP contribution in [-0.2, 0) is 4.79 Å². The van der Waals surface area contributed by atoms with Gasteiger partial charge in [0.25, 0.3) is 5.91 Å². The molecule has 0 saturated carbocycles. The Morgan fingerprint density at radius 2 is 1.85 bits per heavy atom. The van der Waals surface area contributed by atoms with Crippen molar-refractivity contribution < 1.29 is 19.0 Å². The standard InChI is InChI=1S/C20H20N2O4S/c1-13(26-15-8-6-7-14(11-15)24-2)19(23)22-20-21-17(12-27-20)16-9-4-5-10-18(16)25-3/h4-13H,1-3H3,(H,21,22,23). The highest BCUT2D eigenvalue weighted by Crippen LogP contribution is 2.32. The second kappa shape index (κ2) is 8.55. The molecule has 0 aliphatic rings. The zero-order valence-electron chi connectivity index (χ0n) is 15.3. The minimum absolute atomic E-state index is 0.279. The van der Waals surface area contributed by atoms with Crippen LogP contribution >= 0.6 is 11.3 Å². The third-order valence-corrected chi connectivity index (χ3v) is 4.60. The number of para-hydroxylation sites is 1. The van der Waals surface area contributed by atoms with E-state index in [1.54, 1.807) is 39.3 Å². The lowest BCUT2D eigenvalue weighted by atomic mass is 10.1. The van der Waals surface area contributed by atoms with Crippen LogP contribution in [0.25, 0.3) is 11.3 Å². The van der Waals surface area contributed by atoms with Gasteiger partial charge in [0.05, 0.1) is 19.9 Å². The van der Waals surface area contributed by atoms with Crippen LogP contribution < -0.4 is 19.5 Å². The van der Waals surface area contributed by atoms with Crippen molar-refractivity contribution in [2.24, 2.45) is 0 Å². The minimum Gasteiger partial charge on any atom is -0.497 e. The molecule has 0 saturated heterocycles. The van der Waals surface area contributed by atoms with E-state index in [1.807, 2.05) is 35.7 Å². The number of hydrogen-bond acceptors (Lipinski definition) is 6. The number of carbonyl (C=O) groups is 1. The topological polar surface area (TPSA) is 69.7 Å². The molecule has 1 amide bonds. The van der Waals surface area contributed by atoms with Crippen LogP contribution in [0, 0.1) is 0 Å². The first-order chi connectivity index (χ1) is 13.1. The molecule has 1 N–H and O–H groups in total. The normalized spacial score (nSPS) is 11.5. The van der Waals surface area contributed by atoms with Crippen LogP contribution in [0.2, 0.25) is 0 Å². The number of anilines is 1. The van der Waals surface area contributed by atoms with Gasteiger partial charge in [-0.1, -0.05) is 18.2 Å². The molecule has 140 valence electrons. The molecule has 3 rings (SSSR count). The Balaban J connectivity index is 1.66. The van der Waals surface area contributed by atoms with Crippen molar-refractivity contribution in [3.63, 3.8) is 0 Å². The van der Waals surface area contributed by atoms with E-state index < -0.39 is 6.10 Å². The third kappa shape index (κ3) is 4.57. The lowest BCUT2D eigenvalue weighted by molar-refractivity contribution is -0.122. The monoisotopic (exact) mass is 384 g/mol. The summed E-state index contributed by atoms with van der Waals surface area (Å²) in [6, 6.07) is 14.7. The number of hydrogen-bond donors (Lipinski definition) is 1. The van der Waals surface area contributed by atoms with Gasteiger partial charge in [-0.2, -0.15) is 0 Å². The second-order valence-corrected chi connectivity index (χ2v) is 6.52. The summed E-state index contributed by atoms with van der Waals surface area (Å²) in [6.45, 7) is 1.68. The largest absolute Gasteiger partial charge is 0.497 e. The van der Waals surface area contributed by atoms with E-state index in [4.69, 9.17) is 14.2 Å². The molecule has 1 aromatic heterocycles. The van der Waals surface area contributed by atoms with E-state index in [0.717, 1.165) is 17.0 Å². The maximum atomic E-state index is 12.4. The number of benzene rings is 2. The van der Waals surface area contributed by atoms with E-state index in [-0.39, 0.29) is 5.91 Å². The summed E-state index contributed by atoms with van der Waals surface area (Å²) in [7, 11) is 3.20. The summed E-state index contributed by atoms with van der Waals surface area (Å²) in [5.41, 5.74) is 1.62. The van der Waals surface area contributed by atoms with Crippen LogP contribution in [0.4, 0.5) is 5.13 Å². The smallest absolute Gasteiger partial charge is 0.266 e.